The first-order valence-electron chi connectivity index (χ1n) is 17.8. The number of rotatable bonds is 24. The number of benzene rings is 1. The Morgan fingerprint density at radius 3 is 0.912 bits per heavy atom. The molecule has 57 heavy (non-hydrogen) atoms. The normalized spacial score (nSPS) is 10.8. The Balaban J connectivity index is 0.00000541. The molecule has 0 spiro atoms. The molecule has 0 saturated carbocycles. The van der Waals surface area contributed by atoms with Crippen molar-refractivity contribution in [3.05, 3.63) is 84.8 Å². The average Bonchev–Trinajstić information content (AvgIpc) is 3.64. The summed E-state index contributed by atoms with van der Waals surface area (Å²) in [7, 11) is 0. The number of nitrogens with zero attached hydrogens (tertiary/aromatic N) is 6. The molecule has 0 aliphatic rings. The molecule has 21 heteroatoms. The minimum Gasteiger partial charge on any atom is -1.00 e. The van der Waals surface area contributed by atoms with Gasteiger partial charge in [-0.1, -0.05) is 0 Å². The van der Waals surface area contributed by atoms with Crippen LogP contribution in [-0.2, 0) is 53.7 Å². The molecule has 3 heterocycles. The smallest absolute Gasteiger partial charge is 0.303 e. The lowest BCUT2D eigenvalue weighted by Crippen LogP contribution is -3.00. The van der Waals surface area contributed by atoms with Crippen LogP contribution in [0.2, 0.25) is 30.9 Å². The number of halogens is 9. The summed E-state index contributed by atoms with van der Waals surface area (Å²) < 4.78 is 11.2. The second-order valence-electron chi connectivity index (χ2n) is 13.3. The number of imidazole rings is 3. The Hall–Kier alpha value is -1.56. The highest BCUT2D eigenvalue weighted by Gasteiger charge is 2.25. The first kappa shape index (κ1) is 53.5. The van der Waals surface area contributed by atoms with Crippen molar-refractivity contribution in [1.29, 1.82) is 0 Å². The second-order valence-corrected chi connectivity index (χ2v) is 15.5. The summed E-state index contributed by atoms with van der Waals surface area (Å²) in [4.78, 5) is 32.6. The summed E-state index contributed by atoms with van der Waals surface area (Å²) in [6.07, 6.45) is 12.2. The van der Waals surface area contributed by atoms with E-state index in [0.717, 1.165) is 55.2 Å². The number of carboxylic acids is 3. The van der Waals surface area contributed by atoms with Crippen molar-refractivity contribution in [2.75, 3.05) is 0 Å². The molecule has 3 aromatic heterocycles. The van der Waals surface area contributed by atoms with Crippen molar-refractivity contribution in [2.45, 2.75) is 116 Å². The van der Waals surface area contributed by atoms with E-state index in [4.69, 9.17) is 84.9 Å². The van der Waals surface area contributed by atoms with Gasteiger partial charge in [0.1, 0.15) is 19.6 Å². The van der Waals surface area contributed by atoms with Crippen molar-refractivity contribution in [2.24, 2.45) is 0 Å². The van der Waals surface area contributed by atoms with Gasteiger partial charge in [-0.15, -0.1) is 0 Å². The summed E-state index contributed by atoms with van der Waals surface area (Å²) in [5.41, 5.74) is 2.81. The highest BCUT2D eigenvalue weighted by Crippen LogP contribution is 2.24. The predicted molar refractivity (Wildman–Crippen MR) is 206 cm³/mol. The lowest BCUT2D eigenvalue weighted by Gasteiger charge is -2.08. The topological polar surface area (TPSA) is 138 Å². The van der Waals surface area contributed by atoms with Crippen LogP contribution in [0.1, 0.15) is 93.7 Å². The third-order valence-corrected chi connectivity index (χ3v) is 11.6. The van der Waals surface area contributed by atoms with E-state index < -0.39 is 17.9 Å². The van der Waals surface area contributed by atoms with E-state index in [1.54, 1.807) is 0 Å². The molecule has 12 nitrogen and oxygen atoms in total. The van der Waals surface area contributed by atoms with Crippen molar-refractivity contribution in [1.82, 2.24) is 13.7 Å². The van der Waals surface area contributed by atoms with Crippen molar-refractivity contribution < 1.29 is 94.3 Å². The van der Waals surface area contributed by atoms with E-state index in [2.05, 4.69) is 18.2 Å². The molecule has 4 rings (SSSR count). The molecule has 318 valence electrons. The molecule has 0 fully saturated rings. The van der Waals surface area contributed by atoms with Crippen LogP contribution in [0.4, 0.5) is 0 Å². The molecule has 0 amide bonds. The van der Waals surface area contributed by atoms with Crippen LogP contribution in [0.25, 0.3) is 0 Å². The number of aryl methyl sites for hydroxylation is 3. The molecule has 3 N–H and O–H groups in total. The van der Waals surface area contributed by atoms with E-state index in [1.165, 1.54) is 0 Å². The largest absolute Gasteiger partial charge is 1.00 e. The minimum atomic E-state index is -0.811. The van der Waals surface area contributed by atoms with Crippen molar-refractivity contribution >= 4 is 87.5 Å². The maximum absolute atomic E-state index is 10.9. The van der Waals surface area contributed by atoms with Gasteiger partial charge in [0.05, 0.1) is 19.6 Å². The van der Waals surface area contributed by atoms with Crippen LogP contribution in [-0.4, -0.2) is 46.9 Å². The SMILES string of the molecule is O=C(O)CCCCCn1c[n+](Cc2cc(C[n+]3cn(CCCCCC(=O)O)c(Cl)c3Cl)cc(C[n+]3cn(CCCCCC(=O)O)c(Cl)c3Cl)c2)c(Cl)c1Cl.[Br-].[Br-].[Br-]. The monoisotopic (exact) mass is 1100 g/mol. The van der Waals surface area contributed by atoms with Crippen LogP contribution in [0.5, 0.6) is 0 Å². The zero-order valence-electron chi connectivity index (χ0n) is 30.8. The third-order valence-electron chi connectivity index (χ3n) is 8.90. The number of aromatic nitrogens is 6. The van der Waals surface area contributed by atoms with E-state index in [-0.39, 0.29) is 70.2 Å². The van der Waals surface area contributed by atoms with Gasteiger partial charge in [-0.3, -0.25) is 14.4 Å². The molecule has 0 saturated heterocycles. The number of aliphatic carboxylic acids is 3. The third kappa shape index (κ3) is 16.8. The van der Waals surface area contributed by atoms with Gasteiger partial charge in [-0.05, 0) is 162 Å². The van der Waals surface area contributed by atoms with Gasteiger partial charge in [0.2, 0.25) is 19.0 Å². The lowest BCUT2D eigenvalue weighted by atomic mass is 10.0. The number of carboxylic acid groups (broad SMARTS) is 3. The number of unbranched alkanes of at least 4 members (excludes halogenated alkanes) is 6. The Morgan fingerprint density at radius 1 is 0.439 bits per heavy atom. The lowest BCUT2D eigenvalue weighted by molar-refractivity contribution is -0.687. The van der Waals surface area contributed by atoms with E-state index >= 15 is 0 Å². The molecule has 0 unspecified atom stereocenters. The Labute approximate surface area is 393 Å². The van der Waals surface area contributed by atoms with Gasteiger partial charge < -0.3 is 66.3 Å². The number of carbonyl (C=O) groups is 3. The fourth-order valence-electron chi connectivity index (χ4n) is 6.23. The maximum Gasteiger partial charge on any atom is 0.303 e. The van der Waals surface area contributed by atoms with E-state index in [1.807, 2.05) is 46.4 Å². The zero-order chi connectivity index (χ0) is 39.4. The van der Waals surface area contributed by atoms with Crippen molar-refractivity contribution in [3.63, 3.8) is 0 Å². The van der Waals surface area contributed by atoms with Crippen LogP contribution in [0, 0.1) is 0 Å². The van der Waals surface area contributed by atoms with Crippen LogP contribution < -0.4 is 64.6 Å². The summed E-state index contributed by atoms with van der Waals surface area (Å²) in [6, 6.07) is 6.18. The van der Waals surface area contributed by atoms with Gasteiger partial charge in [0.15, 0.2) is 0 Å². The van der Waals surface area contributed by atoms with Crippen molar-refractivity contribution in [3.8, 4) is 0 Å². The second kappa shape index (κ2) is 26.6. The molecule has 0 radical (unpaired) electrons. The summed E-state index contributed by atoms with van der Waals surface area (Å²) >= 11 is 40.0. The predicted octanol–water partition coefficient (Wildman–Crippen LogP) is -1.03. The highest BCUT2D eigenvalue weighted by atomic mass is 79.9. The zero-order valence-corrected chi connectivity index (χ0v) is 40.1. The highest BCUT2D eigenvalue weighted by molar-refractivity contribution is 6.40. The molecule has 1 aromatic carbocycles. The fraction of sp³-hybridized carbons (Fsp3) is 0.500. The Kier molecular flexibility index (Phi) is 25.0. The van der Waals surface area contributed by atoms with E-state index in [9.17, 15) is 14.4 Å². The maximum atomic E-state index is 10.9. The summed E-state index contributed by atoms with van der Waals surface area (Å²) in [5.74, 6) is -2.43. The van der Waals surface area contributed by atoms with Crippen LogP contribution in [0.3, 0.4) is 0 Å². The summed E-state index contributed by atoms with van der Waals surface area (Å²) in [6.45, 7) is 2.98. The van der Waals surface area contributed by atoms with Gasteiger partial charge in [0.25, 0.3) is 30.9 Å². The Morgan fingerprint density at radius 2 is 0.684 bits per heavy atom. The van der Waals surface area contributed by atoms with Gasteiger partial charge in [-0.2, -0.15) is 0 Å². The fourth-order valence-corrected chi connectivity index (χ4v) is 7.57. The first-order valence-corrected chi connectivity index (χ1v) is 20.1. The molecule has 4 aromatic rings. The molecule has 0 atom stereocenters. The number of hydrogen-bond acceptors (Lipinski definition) is 3. The summed E-state index contributed by atoms with van der Waals surface area (Å²) in [5, 5.41) is 29.1. The quantitative estimate of drug-likeness (QED) is 0.0607. The molecule has 0 bridgehead atoms. The molecular formula is C36H45Br3Cl6N6O6. The van der Waals surface area contributed by atoms with Crippen LogP contribution >= 0.6 is 69.6 Å². The average molecular weight is 1110 g/mol. The molecular weight excluding hydrogens is 1060 g/mol. The standard InChI is InChI=1S/C36H42Cl6N6O6.3BrH/c37-31-34(40)46(22-43(31)13-7-1-4-10-28(49)50)19-25-16-26(20-47-23-44(32(38)35(47)41)14-8-2-5-11-29(51)52)18-27(17-25)21-48-24-45(33(39)36(48)42)15-9-3-6-12-30(53)54;;;/h16-18,22-24H,1-15,19-21H2;3*1H. The van der Waals surface area contributed by atoms with Gasteiger partial charge in [-0.25, -0.2) is 27.4 Å². The van der Waals surface area contributed by atoms with Gasteiger partial charge in [0, 0.05) is 19.3 Å². The number of hydrogen-bond donors (Lipinski definition) is 3. The molecule has 0 aliphatic heterocycles. The van der Waals surface area contributed by atoms with Crippen LogP contribution in [0.15, 0.2) is 37.2 Å². The molecule has 0 aliphatic carbocycles. The van der Waals surface area contributed by atoms with E-state index in [0.29, 0.717) is 89.4 Å². The minimum absolute atomic E-state index is 0. The van der Waals surface area contributed by atoms with Gasteiger partial charge >= 0.3 is 17.9 Å². The Bertz CT molecular complexity index is 1720. The first-order chi connectivity index (χ1) is 25.7.